The number of nitrogens with one attached hydrogen (secondary N) is 1. The highest BCUT2D eigenvalue weighted by Gasteiger charge is 2.37. The summed E-state index contributed by atoms with van der Waals surface area (Å²) in [6, 6.07) is 1.57. The van der Waals surface area contributed by atoms with E-state index in [2.05, 4.69) is 39.8 Å². The Balaban J connectivity index is 1.73. The van der Waals surface area contributed by atoms with Crippen LogP contribution in [-0.2, 0) is 4.74 Å². The number of rotatable bonds is 5. The molecule has 0 bridgehead atoms. The molecule has 0 amide bonds. The molecule has 5 heteroatoms. The van der Waals surface area contributed by atoms with Crippen LogP contribution < -0.4 is 5.32 Å². The minimum atomic E-state index is 0.310. The van der Waals surface area contributed by atoms with Gasteiger partial charge in [-0.3, -0.25) is 4.90 Å². The number of ether oxygens (including phenoxy) is 1. The van der Waals surface area contributed by atoms with Crippen LogP contribution in [0.1, 0.15) is 37.9 Å². The van der Waals surface area contributed by atoms with Gasteiger partial charge in [-0.05, 0) is 39.7 Å². The lowest BCUT2D eigenvalue weighted by molar-refractivity contribution is 0.163. The summed E-state index contributed by atoms with van der Waals surface area (Å²) in [5, 5.41) is 3.70. The van der Waals surface area contributed by atoms with Gasteiger partial charge in [0, 0.05) is 31.9 Å². The third-order valence-electron chi connectivity index (χ3n) is 4.66. The van der Waals surface area contributed by atoms with E-state index in [0.29, 0.717) is 24.7 Å². The van der Waals surface area contributed by atoms with E-state index in [1.807, 2.05) is 0 Å². The first-order chi connectivity index (χ1) is 9.69. The van der Waals surface area contributed by atoms with Gasteiger partial charge < -0.3 is 14.6 Å². The predicted octanol–water partition coefficient (Wildman–Crippen LogP) is 2.05. The number of hydrogen-bond donors (Lipinski definition) is 1. The molecule has 2 fully saturated rings. The minimum absolute atomic E-state index is 0.310. The fraction of sp³-hybridized carbons (Fsp3) is 0.800. The summed E-state index contributed by atoms with van der Waals surface area (Å²) in [7, 11) is 1.75. The molecule has 0 aromatic carbocycles. The van der Waals surface area contributed by atoms with Crippen molar-refractivity contribution in [1.82, 2.24) is 14.5 Å². The molecule has 5 nitrogen and oxygen atoms in total. The number of aromatic nitrogens is 2. The highest BCUT2D eigenvalue weighted by Crippen LogP contribution is 2.30. The number of hydrogen-bond acceptors (Lipinski definition) is 4. The van der Waals surface area contributed by atoms with E-state index in [9.17, 15) is 0 Å². The van der Waals surface area contributed by atoms with E-state index in [1.54, 1.807) is 7.11 Å². The van der Waals surface area contributed by atoms with Crippen molar-refractivity contribution in [1.29, 1.82) is 0 Å². The first-order valence-electron chi connectivity index (χ1n) is 7.74. The normalized spacial score (nSPS) is 27.8. The smallest absolute Gasteiger partial charge is 0.203 e. The molecule has 1 aromatic heterocycles. The molecule has 2 aliphatic rings. The fourth-order valence-corrected chi connectivity index (χ4v) is 3.70. The molecule has 0 aliphatic carbocycles. The summed E-state index contributed by atoms with van der Waals surface area (Å²) in [6.07, 6.45) is 6.02. The Kier molecular flexibility index (Phi) is 3.98. The van der Waals surface area contributed by atoms with Crippen LogP contribution in [0.3, 0.4) is 0 Å². The Morgan fingerprint density at radius 2 is 2.30 bits per heavy atom. The second-order valence-corrected chi connectivity index (χ2v) is 6.20. The van der Waals surface area contributed by atoms with Crippen LogP contribution in [-0.4, -0.2) is 53.3 Å². The molecule has 112 valence electrons. The van der Waals surface area contributed by atoms with Crippen LogP contribution in [0.5, 0.6) is 0 Å². The van der Waals surface area contributed by atoms with Crippen molar-refractivity contribution in [3.05, 3.63) is 11.9 Å². The number of aryl methyl sites for hydroxylation is 1. The lowest BCUT2D eigenvalue weighted by Crippen LogP contribution is -2.34. The van der Waals surface area contributed by atoms with Gasteiger partial charge in [0.05, 0.1) is 18.3 Å². The van der Waals surface area contributed by atoms with Gasteiger partial charge in [-0.2, -0.15) is 0 Å². The Hall–Kier alpha value is -1.07. The molecule has 3 heterocycles. The molecule has 3 rings (SSSR count). The molecule has 3 atom stereocenters. The second kappa shape index (κ2) is 5.74. The van der Waals surface area contributed by atoms with E-state index < -0.39 is 0 Å². The molecule has 0 radical (unpaired) electrons. The Bertz CT molecular complexity index is 459. The molecular formula is C15H26N4O. The van der Waals surface area contributed by atoms with Crippen molar-refractivity contribution in [2.24, 2.45) is 0 Å². The minimum Gasteiger partial charge on any atom is -0.383 e. The van der Waals surface area contributed by atoms with Crippen LogP contribution in [0.25, 0.3) is 0 Å². The Labute approximate surface area is 121 Å². The number of imidazole rings is 1. The molecular weight excluding hydrogens is 252 g/mol. The number of methoxy groups -OCH3 is 1. The van der Waals surface area contributed by atoms with Gasteiger partial charge in [0.15, 0.2) is 0 Å². The maximum absolute atomic E-state index is 5.28. The summed E-state index contributed by atoms with van der Waals surface area (Å²) >= 11 is 0. The topological polar surface area (TPSA) is 42.3 Å². The Morgan fingerprint density at radius 1 is 1.45 bits per heavy atom. The van der Waals surface area contributed by atoms with E-state index in [0.717, 1.165) is 11.6 Å². The van der Waals surface area contributed by atoms with E-state index in [1.165, 1.54) is 32.4 Å². The largest absolute Gasteiger partial charge is 0.383 e. The van der Waals surface area contributed by atoms with Crippen LogP contribution in [0.2, 0.25) is 0 Å². The van der Waals surface area contributed by atoms with E-state index in [-0.39, 0.29) is 0 Å². The molecule has 2 saturated heterocycles. The monoisotopic (exact) mass is 278 g/mol. The van der Waals surface area contributed by atoms with Gasteiger partial charge in [-0.25, -0.2) is 4.98 Å². The van der Waals surface area contributed by atoms with Gasteiger partial charge in [-0.1, -0.05) is 0 Å². The number of anilines is 1. The van der Waals surface area contributed by atoms with Gasteiger partial charge >= 0.3 is 0 Å². The quantitative estimate of drug-likeness (QED) is 0.895. The third-order valence-corrected chi connectivity index (χ3v) is 4.66. The molecule has 1 aromatic rings. The zero-order valence-electron chi connectivity index (χ0n) is 12.8. The van der Waals surface area contributed by atoms with E-state index >= 15 is 0 Å². The zero-order valence-corrected chi connectivity index (χ0v) is 12.8. The highest BCUT2D eigenvalue weighted by molar-refractivity contribution is 5.32. The van der Waals surface area contributed by atoms with Crippen LogP contribution in [0, 0.1) is 6.92 Å². The molecule has 1 N–H and O–H groups in total. The summed E-state index contributed by atoms with van der Waals surface area (Å²) in [5.74, 6) is 1.01. The third kappa shape index (κ3) is 2.56. The van der Waals surface area contributed by atoms with Crippen molar-refractivity contribution in [2.45, 2.75) is 51.2 Å². The van der Waals surface area contributed by atoms with Gasteiger partial charge in [-0.15, -0.1) is 0 Å². The van der Waals surface area contributed by atoms with Crippen LogP contribution in [0.15, 0.2) is 6.20 Å². The molecule has 0 saturated carbocycles. The van der Waals surface area contributed by atoms with Crippen molar-refractivity contribution in [3.8, 4) is 0 Å². The number of fused-ring (bicyclic) bond motifs is 1. The SMILES string of the molecule is COCC(C)n1cc(C)nc1NC1CCN2CCCC12. The van der Waals surface area contributed by atoms with E-state index in [4.69, 9.17) is 4.74 Å². The van der Waals surface area contributed by atoms with Crippen molar-refractivity contribution in [3.63, 3.8) is 0 Å². The average Bonchev–Trinajstić information content (AvgIpc) is 3.07. The summed E-state index contributed by atoms with van der Waals surface area (Å²) < 4.78 is 7.50. The van der Waals surface area contributed by atoms with Gasteiger partial charge in [0.2, 0.25) is 5.95 Å². The summed E-state index contributed by atoms with van der Waals surface area (Å²) in [4.78, 5) is 7.29. The van der Waals surface area contributed by atoms with Crippen LogP contribution in [0.4, 0.5) is 5.95 Å². The molecule has 0 spiro atoms. The first-order valence-corrected chi connectivity index (χ1v) is 7.74. The highest BCUT2D eigenvalue weighted by atomic mass is 16.5. The van der Waals surface area contributed by atoms with Gasteiger partial charge in [0.1, 0.15) is 0 Å². The predicted molar refractivity (Wildman–Crippen MR) is 80.2 cm³/mol. The summed E-state index contributed by atoms with van der Waals surface area (Å²) in [6.45, 7) is 7.45. The molecule has 20 heavy (non-hydrogen) atoms. The van der Waals surface area contributed by atoms with Crippen LogP contribution >= 0.6 is 0 Å². The maximum Gasteiger partial charge on any atom is 0.203 e. The first kappa shape index (κ1) is 13.9. The van der Waals surface area contributed by atoms with Gasteiger partial charge in [0.25, 0.3) is 0 Å². The second-order valence-electron chi connectivity index (χ2n) is 6.20. The van der Waals surface area contributed by atoms with Crippen molar-refractivity contribution in [2.75, 3.05) is 32.1 Å². The standard InChI is InChI=1S/C15H26N4O/c1-11-9-19(12(2)10-20-3)15(16-11)17-13-6-8-18-7-4-5-14(13)18/h9,12-14H,4-8,10H2,1-3H3,(H,16,17). The van der Waals surface area contributed by atoms with Crippen molar-refractivity contribution < 1.29 is 4.74 Å². The fourth-order valence-electron chi connectivity index (χ4n) is 3.70. The Morgan fingerprint density at radius 3 is 3.10 bits per heavy atom. The summed E-state index contributed by atoms with van der Waals surface area (Å²) in [5.41, 5.74) is 1.07. The van der Waals surface area contributed by atoms with Crippen molar-refractivity contribution >= 4 is 5.95 Å². The zero-order chi connectivity index (χ0) is 14.1. The number of nitrogens with zero attached hydrogens (tertiary/aromatic N) is 3. The lowest BCUT2D eigenvalue weighted by atomic mass is 10.1. The lowest BCUT2D eigenvalue weighted by Gasteiger charge is -2.23. The molecule has 2 aliphatic heterocycles. The maximum atomic E-state index is 5.28. The average molecular weight is 278 g/mol. The molecule has 3 unspecified atom stereocenters.